The Kier molecular flexibility index (Phi) is 4.49. The monoisotopic (exact) mass is 329 g/mol. The lowest BCUT2D eigenvalue weighted by Crippen LogP contribution is -2.07. The lowest BCUT2D eigenvalue weighted by Gasteiger charge is -2.07. The highest BCUT2D eigenvalue weighted by atomic mass is 79.9. The van der Waals surface area contributed by atoms with Gasteiger partial charge in [0.2, 0.25) is 0 Å². The molecule has 2 rings (SSSR count). The first-order chi connectivity index (χ1) is 8.66. The number of rotatable bonds is 4. The molecule has 1 aromatic carbocycles. The molecule has 3 nitrogen and oxygen atoms in total. The number of hydrogen-bond acceptors (Lipinski definition) is 3. The van der Waals surface area contributed by atoms with E-state index in [1.807, 2.05) is 6.07 Å². The van der Waals surface area contributed by atoms with Crippen LogP contribution >= 0.6 is 27.5 Å². The molecule has 0 fully saturated rings. The maximum Gasteiger partial charge on any atom is 0.148 e. The molecular weight excluding hydrogens is 321 g/mol. The Morgan fingerprint density at radius 3 is 2.94 bits per heavy atom. The third-order valence-electron chi connectivity index (χ3n) is 2.34. The minimum atomic E-state index is -0.223. The minimum absolute atomic E-state index is 0.223. The number of aromatic nitrogens is 2. The zero-order valence-electron chi connectivity index (χ0n) is 9.33. The largest absolute Gasteiger partial charge is 0.369 e. The Labute approximate surface area is 118 Å². The highest BCUT2D eigenvalue weighted by Crippen LogP contribution is 2.25. The topological polar surface area (TPSA) is 37.8 Å². The molecule has 1 aromatic heterocycles. The van der Waals surface area contributed by atoms with Crippen LogP contribution in [0.25, 0.3) is 0 Å². The van der Waals surface area contributed by atoms with Crippen molar-refractivity contribution in [3.8, 4) is 0 Å². The number of benzene rings is 1. The average molecular weight is 331 g/mol. The van der Waals surface area contributed by atoms with E-state index >= 15 is 0 Å². The minimum Gasteiger partial charge on any atom is -0.369 e. The average Bonchev–Trinajstić information content (AvgIpc) is 2.35. The van der Waals surface area contributed by atoms with Crippen molar-refractivity contribution in [2.45, 2.75) is 6.42 Å². The summed E-state index contributed by atoms with van der Waals surface area (Å²) >= 11 is 9.14. The molecule has 0 atom stereocenters. The molecule has 18 heavy (non-hydrogen) atoms. The van der Waals surface area contributed by atoms with Gasteiger partial charge in [0.05, 0.1) is 4.47 Å². The third-order valence-corrected chi connectivity index (χ3v) is 3.61. The van der Waals surface area contributed by atoms with Crippen LogP contribution in [0.5, 0.6) is 0 Å². The van der Waals surface area contributed by atoms with E-state index < -0.39 is 0 Å². The van der Waals surface area contributed by atoms with Crippen molar-refractivity contribution >= 4 is 33.3 Å². The molecule has 0 radical (unpaired) electrons. The number of anilines is 1. The van der Waals surface area contributed by atoms with Gasteiger partial charge in [-0.2, -0.15) is 0 Å². The molecule has 0 aliphatic heterocycles. The Balaban J connectivity index is 1.94. The summed E-state index contributed by atoms with van der Waals surface area (Å²) in [4.78, 5) is 7.90. The van der Waals surface area contributed by atoms with Crippen LogP contribution in [0.4, 0.5) is 10.2 Å². The van der Waals surface area contributed by atoms with Crippen molar-refractivity contribution in [2.75, 3.05) is 11.9 Å². The van der Waals surface area contributed by atoms with Crippen molar-refractivity contribution in [1.82, 2.24) is 9.97 Å². The van der Waals surface area contributed by atoms with Gasteiger partial charge in [-0.1, -0.05) is 23.7 Å². The third kappa shape index (κ3) is 3.40. The van der Waals surface area contributed by atoms with Gasteiger partial charge in [0.25, 0.3) is 0 Å². The number of nitrogens with one attached hydrogen (secondary N) is 1. The standard InChI is InChI=1S/C12H10BrClFN3/c13-10-11(14)17-7-18-12(10)16-5-4-8-2-1-3-9(15)6-8/h1-3,6-7H,4-5H2,(H,16,17,18). The fourth-order valence-corrected chi connectivity index (χ4v) is 1.97. The lowest BCUT2D eigenvalue weighted by atomic mass is 10.1. The summed E-state index contributed by atoms with van der Waals surface area (Å²) in [6, 6.07) is 6.52. The molecule has 1 N–H and O–H groups in total. The maximum atomic E-state index is 13.0. The fraction of sp³-hybridized carbons (Fsp3) is 0.167. The smallest absolute Gasteiger partial charge is 0.148 e. The van der Waals surface area contributed by atoms with Crippen LogP contribution in [-0.4, -0.2) is 16.5 Å². The van der Waals surface area contributed by atoms with Gasteiger partial charge in [0.15, 0.2) is 0 Å². The summed E-state index contributed by atoms with van der Waals surface area (Å²) in [6.45, 7) is 0.634. The zero-order chi connectivity index (χ0) is 13.0. The van der Waals surface area contributed by atoms with E-state index in [2.05, 4.69) is 31.2 Å². The van der Waals surface area contributed by atoms with Gasteiger partial charge in [-0.25, -0.2) is 14.4 Å². The summed E-state index contributed by atoms with van der Waals surface area (Å²) in [5.41, 5.74) is 0.929. The molecule has 1 heterocycles. The summed E-state index contributed by atoms with van der Waals surface area (Å²) in [5, 5.41) is 3.48. The molecule has 0 saturated heterocycles. The van der Waals surface area contributed by atoms with Gasteiger partial charge in [-0.3, -0.25) is 0 Å². The Hall–Kier alpha value is -1.20. The Morgan fingerprint density at radius 2 is 2.17 bits per heavy atom. The first kappa shape index (κ1) is 13.2. The van der Waals surface area contributed by atoms with Crippen molar-refractivity contribution in [3.05, 3.63) is 51.6 Å². The lowest BCUT2D eigenvalue weighted by molar-refractivity contribution is 0.625. The van der Waals surface area contributed by atoms with E-state index in [0.29, 0.717) is 28.4 Å². The predicted molar refractivity (Wildman–Crippen MR) is 73.3 cm³/mol. The highest BCUT2D eigenvalue weighted by molar-refractivity contribution is 9.10. The molecule has 0 bridgehead atoms. The van der Waals surface area contributed by atoms with E-state index in [4.69, 9.17) is 11.6 Å². The first-order valence-corrected chi connectivity index (χ1v) is 6.48. The Bertz CT molecular complexity index is 551. The molecule has 0 aliphatic carbocycles. The van der Waals surface area contributed by atoms with Crippen LogP contribution < -0.4 is 5.32 Å². The molecular formula is C12H10BrClFN3. The summed E-state index contributed by atoms with van der Waals surface area (Å²) in [5.74, 6) is 0.408. The fourth-order valence-electron chi connectivity index (χ4n) is 1.49. The number of nitrogens with zero attached hydrogens (tertiary/aromatic N) is 2. The second-order valence-electron chi connectivity index (χ2n) is 3.63. The van der Waals surface area contributed by atoms with Crippen molar-refractivity contribution in [3.63, 3.8) is 0 Å². The van der Waals surface area contributed by atoms with Crippen molar-refractivity contribution in [1.29, 1.82) is 0 Å². The highest BCUT2D eigenvalue weighted by Gasteiger charge is 2.05. The second-order valence-corrected chi connectivity index (χ2v) is 4.78. The van der Waals surface area contributed by atoms with E-state index in [9.17, 15) is 4.39 Å². The van der Waals surface area contributed by atoms with Crippen LogP contribution in [0.3, 0.4) is 0 Å². The van der Waals surface area contributed by atoms with E-state index in [1.54, 1.807) is 6.07 Å². The predicted octanol–water partition coefficient (Wildman–Crippen LogP) is 3.69. The van der Waals surface area contributed by atoms with Crippen LogP contribution in [0, 0.1) is 5.82 Å². The van der Waals surface area contributed by atoms with E-state index in [0.717, 1.165) is 5.56 Å². The van der Waals surface area contributed by atoms with Crippen LogP contribution in [0.1, 0.15) is 5.56 Å². The second kappa shape index (κ2) is 6.11. The van der Waals surface area contributed by atoms with Gasteiger partial charge in [0, 0.05) is 6.54 Å². The molecule has 0 spiro atoms. The van der Waals surface area contributed by atoms with Gasteiger partial charge < -0.3 is 5.32 Å². The van der Waals surface area contributed by atoms with Gasteiger partial charge in [-0.05, 0) is 40.0 Å². The van der Waals surface area contributed by atoms with Gasteiger partial charge in [-0.15, -0.1) is 0 Å². The van der Waals surface area contributed by atoms with Crippen molar-refractivity contribution in [2.24, 2.45) is 0 Å². The van der Waals surface area contributed by atoms with Gasteiger partial charge >= 0.3 is 0 Å². The van der Waals surface area contributed by atoms with E-state index in [-0.39, 0.29) is 5.82 Å². The van der Waals surface area contributed by atoms with E-state index in [1.165, 1.54) is 18.5 Å². The van der Waals surface area contributed by atoms with Crippen molar-refractivity contribution < 1.29 is 4.39 Å². The molecule has 0 amide bonds. The van der Waals surface area contributed by atoms with Crippen LogP contribution in [0.15, 0.2) is 35.1 Å². The van der Waals surface area contributed by atoms with Crippen LogP contribution in [0.2, 0.25) is 5.15 Å². The summed E-state index contributed by atoms with van der Waals surface area (Å²) < 4.78 is 13.6. The normalized spacial score (nSPS) is 10.4. The van der Waals surface area contributed by atoms with Gasteiger partial charge in [0.1, 0.15) is 23.1 Å². The zero-order valence-corrected chi connectivity index (χ0v) is 11.7. The summed E-state index contributed by atoms with van der Waals surface area (Å²) in [6.07, 6.45) is 2.09. The molecule has 2 aromatic rings. The van der Waals surface area contributed by atoms with Crippen LogP contribution in [-0.2, 0) is 6.42 Å². The molecule has 94 valence electrons. The molecule has 0 saturated carbocycles. The molecule has 0 unspecified atom stereocenters. The molecule has 6 heteroatoms. The number of halogens is 3. The number of hydrogen-bond donors (Lipinski definition) is 1. The Morgan fingerprint density at radius 1 is 1.33 bits per heavy atom. The SMILES string of the molecule is Fc1cccc(CCNc2ncnc(Cl)c2Br)c1. The maximum absolute atomic E-state index is 13.0. The first-order valence-electron chi connectivity index (χ1n) is 5.31. The molecule has 0 aliphatic rings. The summed E-state index contributed by atoms with van der Waals surface area (Å²) in [7, 11) is 0. The quantitative estimate of drug-likeness (QED) is 0.869.